The van der Waals surface area contributed by atoms with Gasteiger partial charge in [0.25, 0.3) is 0 Å². The Balaban J connectivity index is 1.97. The van der Waals surface area contributed by atoms with Crippen molar-refractivity contribution in [1.82, 2.24) is 10.5 Å². The molecule has 2 aromatic rings. The van der Waals surface area contributed by atoms with Crippen LogP contribution in [-0.2, 0) is 13.0 Å². The lowest BCUT2D eigenvalue weighted by Gasteiger charge is -2.15. The van der Waals surface area contributed by atoms with E-state index in [1.54, 1.807) is 0 Å². The molecule has 0 saturated heterocycles. The molecule has 1 aromatic heterocycles. The van der Waals surface area contributed by atoms with Crippen LogP contribution in [0.4, 0.5) is 0 Å². The molecule has 0 amide bonds. The summed E-state index contributed by atoms with van der Waals surface area (Å²) in [5.41, 5.74) is 3.19. The summed E-state index contributed by atoms with van der Waals surface area (Å²) in [4.78, 5) is 0. The van der Waals surface area contributed by atoms with Crippen LogP contribution in [0.25, 0.3) is 0 Å². The molecule has 0 atom stereocenters. The average Bonchev–Trinajstić information content (AvgIpc) is 2.90. The van der Waals surface area contributed by atoms with E-state index in [4.69, 9.17) is 25.6 Å². The second kappa shape index (κ2) is 9.68. The molecule has 0 spiro atoms. The summed E-state index contributed by atoms with van der Waals surface area (Å²) in [6.07, 6.45) is 1.80. The van der Waals surface area contributed by atoms with Crippen LogP contribution in [0.2, 0.25) is 5.02 Å². The highest BCUT2D eigenvalue weighted by Crippen LogP contribution is 2.36. The predicted octanol–water partition coefficient (Wildman–Crippen LogP) is 4.46. The van der Waals surface area contributed by atoms with E-state index in [-0.39, 0.29) is 0 Å². The number of rotatable bonds is 10. The quantitative estimate of drug-likeness (QED) is 0.629. The third kappa shape index (κ3) is 5.38. The summed E-state index contributed by atoms with van der Waals surface area (Å²) in [5, 5.41) is 7.99. The Kier molecular flexibility index (Phi) is 7.59. The molecule has 0 unspecified atom stereocenters. The smallest absolute Gasteiger partial charge is 0.179 e. The van der Waals surface area contributed by atoms with Crippen LogP contribution >= 0.6 is 11.6 Å². The number of aryl methyl sites for hydroxylation is 2. The fraction of sp³-hybridized carbons (Fsp3) is 0.526. The maximum Gasteiger partial charge on any atom is 0.179 e. The molecule has 25 heavy (non-hydrogen) atoms. The minimum Gasteiger partial charge on any atom is -0.490 e. The Morgan fingerprint density at radius 1 is 1.20 bits per heavy atom. The van der Waals surface area contributed by atoms with Gasteiger partial charge in [0.2, 0.25) is 0 Å². The maximum absolute atomic E-state index is 6.39. The van der Waals surface area contributed by atoms with E-state index < -0.39 is 0 Å². The molecule has 1 heterocycles. The Morgan fingerprint density at radius 2 is 2.00 bits per heavy atom. The van der Waals surface area contributed by atoms with Crippen LogP contribution in [-0.4, -0.2) is 24.9 Å². The number of hydrogen-bond donors (Lipinski definition) is 1. The molecule has 1 aromatic carbocycles. The standard InChI is InChI=1S/C19H27ClN2O3/c1-5-9-24-19-17(20)10-15(11-18(19)23-6-2)12-21-8-7-16-13(3)22-25-14(16)4/h10-11,21H,5-9,12H2,1-4H3. The molecule has 5 nitrogen and oxygen atoms in total. The minimum atomic E-state index is 0.571. The molecule has 0 aliphatic carbocycles. The van der Waals surface area contributed by atoms with Crippen molar-refractivity contribution in [2.45, 2.75) is 47.1 Å². The highest BCUT2D eigenvalue weighted by Gasteiger charge is 2.13. The number of nitrogens with one attached hydrogen (secondary N) is 1. The molecular weight excluding hydrogens is 340 g/mol. The summed E-state index contributed by atoms with van der Waals surface area (Å²) >= 11 is 6.39. The summed E-state index contributed by atoms with van der Waals surface area (Å²) < 4.78 is 16.6. The van der Waals surface area contributed by atoms with Crippen LogP contribution in [0.5, 0.6) is 11.5 Å². The average molecular weight is 367 g/mol. The molecule has 2 rings (SSSR count). The highest BCUT2D eigenvalue weighted by atomic mass is 35.5. The van der Waals surface area contributed by atoms with Crippen molar-refractivity contribution in [3.8, 4) is 11.5 Å². The van der Waals surface area contributed by atoms with E-state index in [9.17, 15) is 0 Å². The Labute approximate surface area is 154 Å². The zero-order valence-corrected chi connectivity index (χ0v) is 16.2. The number of nitrogens with zero attached hydrogens (tertiary/aromatic N) is 1. The first-order chi connectivity index (χ1) is 12.1. The van der Waals surface area contributed by atoms with Crippen molar-refractivity contribution in [2.24, 2.45) is 0 Å². The van der Waals surface area contributed by atoms with Gasteiger partial charge in [-0.2, -0.15) is 0 Å². The molecule has 0 aliphatic rings. The van der Waals surface area contributed by atoms with E-state index in [1.165, 1.54) is 5.56 Å². The Bertz CT molecular complexity index is 666. The van der Waals surface area contributed by atoms with Crippen molar-refractivity contribution in [3.05, 3.63) is 39.7 Å². The largest absolute Gasteiger partial charge is 0.490 e. The van der Waals surface area contributed by atoms with Crippen LogP contribution in [0.15, 0.2) is 16.7 Å². The minimum absolute atomic E-state index is 0.571. The first kappa shape index (κ1) is 19.6. The van der Waals surface area contributed by atoms with Crippen molar-refractivity contribution < 1.29 is 14.0 Å². The van der Waals surface area contributed by atoms with Gasteiger partial charge in [-0.15, -0.1) is 0 Å². The van der Waals surface area contributed by atoms with Gasteiger partial charge >= 0.3 is 0 Å². The van der Waals surface area contributed by atoms with E-state index in [2.05, 4.69) is 17.4 Å². The van der Waals surface area contributed by atoms with Gasteiger partial charge in [-0.25, -0.2) is 0 Å². The highest BCUT2D eigenvalue weighted by molar-refractivity contribution is 6.32. The van der Waals surface area contributed by atoms with Crippen molar-refractivity contribution >= 4 is 11.6 Å². The number of benzene rings is 1. The molecule has 0 fully saturated rings. The van der Waals surface area contributed by atoms with Gasteiger partial charge in [0.05, 0.1) is 23.9 Å². The summed E-state index contributed by atoms with van der Waals surface area (Å²) in [6.45, 7) is 10.7. The van der Waals surface area contributed by atoms with Crippen LogP contribution in [0.1, 0.15) is 42.8 Å². The van der Waals surface area contributed by atoms with Crippen LogP contribution in [0.3, 0.4) is 0 Å². The zero-order chi connectivity index (χ0) is 18.2. The number of halogens is 1. The summed E-state index contributed by atoms with van der Waals surface area (Å²) in [5.74, 6) is 2.22. The fourth-order valence-electron chi connectivity index (χ4n) is 2.64. The first-order valence-electron chi connectivity index (χ1n) is 8.77. The molecular formula is C19H27ClN2O3. The topological polar surface area (TPSA) is 56.5 Å². The van der Waals surface area contributed by atoms with Gasteiger partial charge in [-0.1, -0.05) is 23.7 Å². The molecule has 0 aliphatic heterocycles. The Morgan fingerprint density at radius 3 is 2.64 bits per heavy atom. The van der Waals surface area contributed by atoms with Gasteiger partial charge in [0, 0.05) is 12.1 Å². The van der Waals surface area contributed by atoms with Crippen molar-refractivity contribution in [2.75, 3.05) is 19.8 Å². The van der Waals surface area contributed by atoms with Gasteiger partial charge in [-0.3, -0.25) is 0 Å². The molecule has 0 radical (unpaired) electrons. The maximum atomic E-state index is 6.39. The van der Waals surface area contributed by atoms with Gasteiger partial charge in [0.1, 0.15) is 5.76 Å². The van der Waals surface area contributed by atoms with Crippen LogP contribution in [0, 0.1) is 13.8 Å². The molecule has 0 saturated carbocycles. The van der Waals surface area contributed by atoms with Gasteiger partial charge < -0.3 is 19.3 Å². The SMILES string of the molecule is CCCOc1c(Cl)cc(CNCCc2c(C)noc2C)cc1OCC. The monoisotopic (exact) mass is 366 g/mol. The first-order valence-corrected chi connectivity index (χ1v) is 9.15. The molecule has 1 N–H and O–H groups in total. The third-order valence-corrected chi connectivity index (χ3v) is 4.16. The zero-order valence-electron chi connectivity index (χ0n) is 15.4. The predicted molar refractivity (Wildman–Crippen MR) is 99.8 cm³/mol. The Hall–Kier alpha value is -1.72. The number of ether oxygens (including phenoxy) is 2. The molecule has 138 valence electrons. The van der Waals surface area contributed by atoms with E-state index in [1.807, 2.05) is 32.9 Å². The van der Waals surface area contributed by atoms with Gasteiger partial charge in [-0.05, 0) is 57.9 Å². The number of hydrogen-bond acceptors (Lipinski definition) is 5. The summed E-state index contributed by atoms with van der Waals surface area (Å²) in [6, 6.07) is 3.92. The summed E-state index contributed by atoms with van der Waals surface area (Å²) in [7, 11) is 0. The van der Waals surface area contributed by atoms with Crippen LogP contribution < -0.4 is 14.8 Å². The van der Waals surface area contributed by atoms with E-state index >= 15 is 0 Å². The van der Waals surface area contributed by atoms with Gasteiger partial charge in [0.15, 0.2) is 11.5 Å². The lowest BCUT2D eigenvalue weighted by atomic mass is 10.1. The van der Waals surface area contributed by atoms with E-state index in [0.29, 0.717) is 36.3 Å². The lowest BCUT2D eigenvalue weighted by molar-refractivity contribution is 0.277. The van der Waals surface area contributed by atoms with E-state index in [0.717, 1.165) is 36.4 Å². The normalized spacial score (nSPS) is 10.9. The second-order valence-corrected chi connectivity index (χ2v) is 6.32. The van der Waals surface area contributed by atoms with Crippen molar-refractivity contribution in [1.29, 1.82) is 0 Å². The third-order valence-electron chi connectivity index (χ3n) is 3.88. The molecule has 0 bridgehead atoms. The second-order valence-electron chi connectivity index (χ2n) is 5.92. The van der Waals surface area contributed by atoms with Crippen molar-refractivity contribution in [3.63, 3.8) is 0 Å². The fourth-order valence-corrected chi connectivity index (χ4v) is 2.92. The lowest BCUT2D eigenvalue weighted by Crippen LogP contribution is -2.17. The number of aromatic nitrogens is 1. The molecule has 6 heteroatoms.